The van der Waals surface area contributed by atoms with Crippen LogP contribution in [0.3, 0.4) is 0 Å². The number of carbonyl (C=O) groups excluding carboxylic acids is 1. The van der Waals surface area contributed by atoms with Crippen molar-refractivity contribution in [3.63, 3.8) is 0 Å². The third-order valence-corrected chi connectivity index (χ3v) is 6.15. The van der Waals surface area contributed by atoms with Crippen LogP contribution in [0.15, 0.2) is 41.4 Å². The Morgan fingerprint density at radius 1 is 1.11 bits per heavy atom. The van der Waals surface area contributed by atoms with Gasteiger partial charge in [0.25, 0.3) is 0 Å². The Morgan fingerprint density at radius 3 is 2.71 bits per heavy atom. The molecular weight excluding hydrogens is 442 g/mol. The van der Waals surface area contributed by atoms with E-state index in [1.165, 1.54) is 6.08 Å². The third kappa shape index (κ3) is 5.50. The molecule has 0 aliphatic rings. The quantitative estimate of drug-likeness (QED) is 0.189. The molecule has 8 nitrogen and oxygen atoms in total. The summed E-state index contributed by atoms with van der Waals surface area (Å²) in [6.45, 7) is 5.95. The van der Waals surface area contributed by atoms with E-state index in [4.69, 9.17) is 15.5 Å². The van der Waals surface area contributed by atoms with E-state index in [2.05, 4.69) is 33.6 Å². The number of phenols is 1. The van der Waals surface area contributed by atoms with E-state index in [-0.39, 0.29) is 0 Å². The Balaban J connectivity index is 1.72. The molecule has 0 aliphatic carbocycles. The predicted molar refractivity (Wildman–Crippen MR) is 138 cm³/mol. The summed E-state index contributed by atoms with van der Waals surface area (Å²) in [6.07, 6.45) is 5.19. The normalized spacial score (nSPS) is 11.3. The number of aromatic nitrogens is 3. The largest absolute Gasteiger partial charge is 0.508 e. The summed E-state index contributed by atoms with van der Waals surface area (Å²) in [5.74, 6) is 1.71. The molecule has 2 aromatic heterocycles. The van der Waals surface area contributed by atoms with Crippen LogP contribution >= 0.6 is 0 Å². The lowest BCUT2D eigenvalue weighted by Gasteiger charge is -2.13. The first-order chi connectivity index (χ1) is 17.0. The maximum absolute atomic E-state index is 10.1. The fourth-order valence-corrected chi connectivity index (χ4v) is 4.30. The highest BCUT2D eigenvalue weighted by Gasteiger charge is 2.18. The van der Waals surface area contributed by atoms with Crippen molar-refractivity contribution in [1.29, 1.82) is 0 Å². The number of pyridine rings is 1. The number of aryl methyl sites for hydroxylation is 2. The summed E-state index contributed by atoms with van der Waals surface area (Å²) in [6, 6.07) is 11.9. The maximum atomic E-state index is 10.1. The number of rotatable bonds is 11. The zero-order valence-electron chi connectivity index (χ0n) is 20.3. The molecule has 8 heteroatoms. The van der Waals surface area contributed by atoms with Crippen molar-refractivity contribution in [2.24, 2.45) is 4.99 Å². The minimum absolute atomic E-state index is 0.294. The first kappa shape index (κ1) is 24.4. The molecule has 4 rings (SSSR count). The molecule has 2 heterocycles. The standard InChI is InChI=1S/C27H31N5O3/c1-3-4-5-24-31-25-26(32(24)16-20-7-9-23(34)18(2)14-20)21-8-6-19(15-22(21)30-27(25)28)10-12-35-13-11-29-17-33/h6-9,14-15,34H,3-5,10-13,16H2,1-2H3,(H2,28,30). The number of benzene rings is 2. The zero-order valence-corrected chi connectivity index (χ0v) is 20.3. The maximum Gasteiger partial charge on any atom is 0.235 e. The molecule has 0 unspecified atom stereocenters. The molecule has 0 fully saturated rings. The fraction of sp³-hybridized carbons (Fsp3) is 0.370. The van der Waals surface area contributed by atoms with E-state index < -0.39 is 0 Å². The Kier molecular flexibility index (Phi) is 7.75. The van der Waals surface area contributed by atoms with Gasteiger partial charge < -0.3 is 20.1 Å². The molecule has 35 heavy (non-hydrogen) atoms. The summed E-state index contributed by atoms with van der Waals surface area (Å²) in [5, 5.41) is 11.0. The Labute approximate surface area is 204 Å². The number of unbranched alkanes of at least 4 members (excludes halogenated alkanes) is 1. The monoisotopic (exact) mass is 473 g/mol. The van der Waals surface area contributed by atoms with Gasteiger partial charge in [0.15, 0.2) is 5.82 Å². The SMILES string of the molecule is CCCCc1nc2c(N)nc3cc(CCOCCN=C=O)ccc3c2n1Cc1ccc(O)c(C)c1. The number of phenolic OH excluding ortho intramolecular Hbond substituents is 1. The lowest BCUT2D eigenvalue weighted by atomic mass is 10.1. The van der Waals surface area contributed by atoms with E-state index in [0.717, 1.165) is 63.7 Å². The summed E-state index contributed by atoms with van der Waals surface area (Å²) < 4.78 is 7.78. The molecule has 0 amide bonds. The summed E-state index contributed by atoms with van der Waals surface area (Å²) in [5.41, 5.74) is 12.0. The molecule has 0 saturated carbocycles. The molecule has 0 atom stereocenters. The molecule has 4 aromatic rings. The van der Waals surface area contributed by atoms with Crippen LogP contribution in [0.1, 0.15) is 42.3 Å². The minimum Gasteiger partial charge on any atom is -0.508 e. The van der Waals surface area contributed by atoms with Crippen molar-refractivity contribution in [2.75, 3.05) is 25.5 Å². The van der Waals surface area contributed by atoms with Gasteiger partial charge >= 0.3 is 0 Å². The van der Waals surface area contributed by atoms with Crippen LogP contribution in [-0.4, -0.2) is 45.5 Å². The molecule has 3 N–H and O–H groups in total. The molecule has 0 spiro atoms. The van der Waals surface area contributed by atoms with E-state index in [1.54, 1.807) is 6.07 Å². The van der Waals surface area contributed by atoms with Gasteiger partial charge in [-0.2, -0.15) is 0 Å². The molecule has 0 radical (unpaired) electrons. The molecule has 2 aromatic carbocycles. The number of nitrogens with zero attached hydrogens (tertiary/aromatic N) is 4. The Morgan fingerprint density at radius 2 is 1.94 bits per heavy atom. The lowest BCUT2D eigenvalue weighted by molar-refractivity contribution is 0.145. The highest BCUT2D eigenvalue weighted by molar-refractivity contribution is 6.06. The number of imidazole rings is 1. The highest BCUT2D eigenvalue weighted by Crippen LogP contribution is 2.31. The molecule has 0 saturated heterocycles. The van der Waals surface area contributed by atoms with Gasteiger partial charge in [0.05, 0.1) is 30.8 Å². The van der Waals surface area contributed by atoms with Gasteiger partial charge in [0.2, 0.25) is 6.08 Å². The summed E-state index contributed by atoms with van der Waals surface area (Å²) >= 11 is 0. The van der Waals surface area contributed by atoms with Crippen molar-refractivity contribution in [3.8, 4) is 5.75 Å². The van der Waals surface area contributed by atoms with Gasteiger partial charge in [-0.3, -0.25) is 0 Å². The van der Waals surface area contributed by atoms with Crippen molar-refractivity contribution in [2.45, 2.75) is 46.1 Å². The number of hydrogen-bond donors (Lipinski definition) is 2. The van der Waals surface area contributed by atoms with Gasteiger partial charge in [0.1, 0.15) is 17.1 Å². The van der Waals surface area contributed by atoms with Crippen LogP contribution in [0.5, 0.6) is 5.75 Å². The minimum atomic E-state index is 0.294. The van der Waals surface area contributed by atoms with E-state index in [9.17, 15) is 9.90 Å². The van der Waals surface area contributed by atoms with Gasteiger partial charge in [-0.25, -0.2) is 19.8 Å². The number of nitrogens with two attached hydrogens (primary N) is 1. The Hall–Kier alpha value is -3.74. The van der Waals surface area contributed by atoms with Crippen LogP contribution in [0, 0.1) is 6.92 Å². The predicted octanol–water partition coefficient (Wildman–Crippen LogP) is 4.47. The van der Waals surface area contributed by atoms with Gasteiger partial charge in [-0.05, 0) is 48.6 Å². The summed E-state index contributed by atoms with van der Waals surface area (Å²) in [7, 11) is 0. The second kappa shape index (κ2) is 11.1. The second-order valence-electron chi connectivity index (χ2n) is 8.72. The number of aliphatic imine (C=N–C) groups is 1. The highest BCUT2D eigenvalue weighted by atomic mass is 16.5. The number of ether oxygens (including phenoxy) is 1. The average molecular weight is 474 g/mol. The van der Waals surface area contributed by atoms with E-state index in [1.807, 2.05) is 25.1 Å². The first-order valence-corrected chi connectivity index (χ1v) is 12.0. The van der Waals surface area contributed by atoms with Gasteiger partial charge in [-0.1, -0.05) is 37.6 Å². The number of hydrogen-bond acceptors (Lipinski definition) is 7. The average Bonchev–Trinajstić information content (AvgIpc) is 3.21. The topological polar surface area (TPSA) is 116 Å². The third-order valence-electron chi connectivity index (χ3n) is 6.15. The number of nitrogen functional groups attached to an aromatic ring is 1. The van der Waals surface area contributed by atoms with E-state index in [0.29, 0.717) is 44.3 Å². The molecule has 182 valence electrons. The number of aromatic hydroxyl groups is 1. The second-order valence-corrected chi connectivity index (χ2v) is 8.72. The molecule has 0 aliphatic heterocycles. The van der Waals surface area contributed by atoms with Crippen LogP contribution in [0.4, 0.5) is 5.82 Å². The first-order valence-electron chi connectivity index (χ1n) is 12.0. The van der Waals surface area contributed by atoms with Crippen molar-refractivity contribution in [3.05, 3.63) is 58.9 Å². The van der Waals surface area contributed by atoms with E-state index >= 15 is 0 Å². The van der Waals surface area contributed by atoms with Gasteiger partial charge in [-0.15, -0.1) is 0 Å². The number of fused-ring (bicyclic) bond motifs is 3. The number of anilines is 1. The van der Waals surface area contributed by atoms with Crippen molar-refractivity contribution >= 4 is 33.8 Å². The van der Waals surface area contributed by atoms with Crippen LogP contribution in [0.25, 0.3) is 21.9 Å². The number of isocyanates is 1. The summed E-state index contributed by atoms with van der Waals surface area (Å²) in [4.78, 5) is 23.2. The Bertz CT molecular complexity index is 1390. The van der Waals surface area contributed by atoms with Crippen molar-refractivity contribution < 1.29 is 14.6 Å². The van der Waals surface area contributed by atoms with Gasteiger partial charge in [0, 0.05) is 18.4 Å². The molecule has 0 bridgehead atoms. The van der Waals surface area contributed by atoms with Crippen LogP contribution in [0.2, 0.25) is 0 Å². The van der Waals surface area contributed by atoms with Crippen molar-refractivity contribution in [1.82, 2.24) is 14.5 Å². The fourth-order valence-electron chi connectivity index (χ4n) is 4.30. The zero-order chi connectivity index (χ0) is 24.8. The van der Waals surface area contributed by atoms with Crippen LogP contribution < -0.4 is 5.73 Å². The molecular formula is C27H31N5O3. The van der Waals surface area contributed by atoms with Crippen LogP contribution in [-0.2, 0) is 28.9 Å². The lowest BCUT2D eigenvalue weighted by Crippen LogP contribution is -2.06. The smallest absolute Gasteiger partial charge is 0.235 e.